The molecule has 1 saturated heterocycles. The molecule has 1 aliphatic heterocycles. The van der Waals surface area contributed by atoms with Crippen LogP contribution in [0.4, 0.5) is 0 Å². The van der Waals surface area contributed by atoms with Gasteiger partial charge in [0, 0.05) is 19.8 Å². The van der Waals surface area contributed by atoms with Gasteiger partial charge in [-0.15, -0.1) is 0 Å². The van der Waals surface area contributed by atoms with Crippen LogP contribution in [0.1, 0.15) is 25.7 Å². The highest BCUT2D eigenvalue weighted by atomic mass is 16.3. The third-order valence-corrected chi connectivity index (χ3v) is 2.76. The van der Waals surface area contributed by atoms with Crippen molar-refractivity contribution in [2.45, 2.75) is 25.7 Å². The fraction of sp³-hybridized carbons (Fsp3) is 1.00. The van der Waals surface area contributed by atoms with Crippen LogP contribution in [0.25, 0.3) is 0 Å². The molecule has 0 spiro atoms. The highest BCUT2D eigenvalue weighted by Gasteiger charge is 2.15. The van der Waals surface area contributed by atoms with E-state index in [4.69, 9.17) is 10.2 Å². The van der Waals surface area contributed by atoms with Gasteiger partial charge in [-0.05, 0) is 38.3 Å². The van der Waals surface area contributed by atoms with E-state index in [9.17, 15) is 0 Å². The second kappa shape index (κ2) is 6.35. The number of hydrogen-bond acceptors (Lipinski definition) is 3. The Morgan fingerprint density at radius 2 is 1.77 bits per heavy atom. The van der Waals surface area contributed by atoms with Crippen molar-refractivity contribution >= 4 is 0 Å². The molecule has 2 N–H and O–H groups in total. The smallest absolute Gasteiger partial charge is 0.0472 e. The summed E-state index contributed by atoms with van der Waals surface area (Å²) in [5, 5.41) is 17.8. The summed E-state index contributed by atoms with van der Waals surface area (Å²) in [6, 6.07) is 0. The van der Waals surface area contributed by atoms with Crippen molar-refractivity contribution in [1.82, 2.24) is 4.90 Å². The molecule has 78 valence electrons. The molecule has 0 radical (unpaired) electrons. The summed E-state index contributed by atoms with van der Waals surface area (Å²) in [5.41, 5.74) is 0. The Bertz CT molecular complexity index is 121. The zero-order chi connectivity index (χ0) is 9.52. The molecule has 0 aromatic carbocycles. The lowest BCUT2D eigenvalue weighted by Crippen LogP contribution is -2.35. The molecule has 3 nitrogen and oxygen atoms in total. The molecule has 1 fully saturated rings. The van der Waals surface area contributed by atoms with Gasteiger partial charge in [-0.3, -0.25) is 0 Å². The molecule has 0 amide bonds. The molecule has 13 heavy (non-hydrogen) atoms. The van der Waals surface area contributed by atoms with Gasteiger partial charge >= 0.3 is 0 Å². The van der Waals surface area contributed by atoms with Gasteiger partial charge in [0.05, 0.1) is 0 Å². The predicted octanol–water partition coefficient (Wildman–Crippen LogP) is 0.463. The van der Waals surface area contributed by atoms with Crippen molar-refractivity contribution in [3.8, 4) is 0 Å². The van der Waals surface area contributed by atoms with Crippen LogP contribution in [0.15, 0.2) is 0 Å². The monoisotopic (exact) mass is 187 g/mol. The van der Waals surface area contributed by atoms with E-state index >= 15 is 0 Å². The van der Waals surface area contributed by atoms with E-state index in [1.807, 2.05) is 0 Å². The summed E-state index contributed by atoms with van der Waals surface area (Å²) in [5.74, 6) is 0.267. The van der Waals surface area contributed by atoms with Crippen molar-refractivity contribution in [2.24, 2.45) is 5.92 Å². The minimum Gasteiger partial charge on any atom is -0.396 e. The molecule has 1 unspecified atom stereocenters. The maximum absolute atomic E-state index is 9.05. The number of hydrogen-bond donors (Lipinski definition) is 2. The normalized spacial score (nSPS) is 21.7. The molecule has 0 bridgehead atoms. The van der Waals surface area contributed by atoms with Crippen LogP contribution in [0, 0.1) is 5.92 Å². The second-order valence-electron chi connectivity index (χ2n) is 3.92. The molecule has 0 aromatic heterocycles. The van der Waals surface area contributed by atoms with Crippen molar-refractivity contribution < 1.29 is 10.2 Å². The number of rotatable bonds is 5. The highest BCUT2D eigenvalue weighted by Crippen LogP contribution is 2.12. The Labute approximate surface area is 80.4 Å². The topological polar surface area (TPSA) is 43.7 Å². The largest absolute Gasteiger partial charge is 0.396 e. The number of aliphatic hydroxyl groups is 2. The lowest BCUT2D eigenvalue weighted by molar-refractivity contribution is 0.125. The Hall–Kier alpha value is -0.120. The molecule has 0 saturated carbocycles. The van der Waals surface area contributed by atoms with Crippen molar-refractivity contribution in [3.05, 3.63) is 0 Å². The Morgan fingerprint density at radius 3 is 2.31 bits per heavy atom. The number of nitrogens with zero attached hydrogens (tertiary/aromatic N) is 1. The number of piperidine rings is 1. The average Bonchev–Trinajstić information content (AvgIpc) is 2.19. The van der Waals surface area contributed by atoms with Crippen molar-refractivity contribution in [3.63, 3.8) is 0 Å². The van der Waals surface area contributed by atoms with Crippen LogP contribution >= 0.6 is 0 Å². The summed E-state index contributed by atoms with van der Waals surface area (Å²) >= 11 is 0. The van der Waals surface area contributed by atoms with Crippen LogP contribution in [0.3, 0.4) is 0 Å². The molecule has 3 heteroatoms. The Kier molecular flexibility index (Phi) is 5.35. The van der Waals surface area contributed by atoms with E-state index in [1.165, 1.54) is 32.4 Å². The molecule has 0 aromatic rings. The summed E-state index contributed by atoms with van der Waals surface area (Å²) in [7, 11) is 0. The van der Waals surface area contributed by atoms with Gasteiger partial charge in [0.25, 0.3) is 0 Å². The van der Waals surface area contributed by atoms with Gasteiger partial charge in [-0.1, -0.05) is 6.42 Å². The maximum Gasteiger partial charge on any atom is 0.0472 e. The quantitative estimate of drug-likeness (QED) is 0.657. The minimum atomic E-state index is 0.194. The first kappa shape index (κ1) is 11.0. The first-order valence-electron chi connectivity index (χ1n) is 5.31. The van der Waals surface area contributed by atoms with Crippen LogP contribution in [0.2, 0.25) is 0 Å². The zero-order valence-corrected chi connectivity index (χ0v) is 8.28. The third kappa shape index (κ3) is 4.07. The van der Waals surface area contributed by atoms with Gasteiger partial charge in [0.15, 0.2) is 0 Å². The highest BCUT2D eigenvalue weighted by molar-refractivity contribution is 4.69. The van der Waals surface area contributed by atoms with E-state index in [0.29, 0.717) is 0 Å². The molecule has 1 heterocycles. The average molecular weight is 187 g/mol. The lowest BCUT2D eigenvalue weighted by Gasteiger charge is -2.29. The molecular formula is C10H21NO2. The SMILES string of the molecule is OCCC(CO)CN1CCCCC1. The third-order valence-electron chi connectivity index (χ3n) is 2.76. The molecular weight excluding hydrogens is 166 g/mol. The van der Waals surface area contributed by atoms with Crippen molar-refractivity contribution in [1.29, 1.82) is 0 Å². The van der Waals surface area contributed by atoms with Crippen LogP contribution in [-0.2, 0) is 0 Å². The summed E-state index contributed by atoms with van der Waals surface area (Å²) in [6.45, 7) is 3.69. The molecule has 1 atom stereocenters. The second-order valence-corrected chi connectivity index (χ2v) is 3.92. The predicted molar refractivity (Wildman–Crippen MR) is 52.6 cm³/mol. The maximum atomic E-state index is 9.05. The standard InChI is InChI=1S/C10H21NO2/c12-7-4-10(9-13)8-11-5-2-1-3-6-11/h10,12-13H,1-9H2. The van der Waals surface area contributed by atoms with E-state index in [2.05, 4.69) is 4.90 Å². The number of aliphatic hydroxyl groups excluding tert-OH is 2. The number of likely N-dealkylation sites (tertiary alicyclic amines) is 1. The summed E-state index contributed by atoms with van der Waals surface area (Å²) < 4.78 is 0. The van der Waals surface area contributed by atoms with Crippen LogP contribution in [-0.4, -0.2) is 48.0 Å². The fourth-order valence-electron chi connectivity index (χ4n) is 1.93. The van der Waals surface area contributed by atoms with Gasteiger partial charge in [0.1, 0.15) is 0 Å². The van der Waals surface area contributed by atoms with Crippen molar-refractivity contribution in [2.75, 3.05) is 32.8 Å². The van der Waals surface area contributed by atoms with E-state index < -0.39 is 0 Å². The lowest BCUT2D eigenvalue weighted by atomic mass is 10.0. The summed E-state index contributed by atoms with van der Waals surface area (Å²) in [4.78, 5) is 2.40. The first-order valence-corrected chi connectivity index (χ1v) is 5.31. The minimum absolute atomic E-state index is 0.194. The van der Waals surface area contributed by atoms with Crippen LogP contribution < -0.4 is 0 Å². The molecule has 1 aliphatic rings. The van der Waals surface area contributed by atoms with E-state index in [0.717, 1.165) is 13.0 Å². The van der Waals surface area contributed by atoms with Gasteiger partial charge in [0.2, 0.25) is 0 Å². The van der Waals surface area contributed by atoms with Crippen LogP contribution in [0.5, 0.6) is 0 Å². The van der Waals surface area contributed by atoms with Gasteiger partial charge in [-0.2, -0.15) is 0 Å². The fourth-order valence-corrected chi connectivity index (χ4v) is 1.93. The van der Waals surface area contributed by atoms with E-state index in [1.54, 1.807) is 0 Å². The zero-order valence-electron chi connectivity index (χ0n) is 8.28. The Morgan fingerprint density at radius 1 is 1.08 bits per heavy atom. The van der Waals surface area contributed by atoms with Gasteiger partial charge < -0.3 is 15.1 Å². The van der Waals surface area contributed by atoms with E-state index in [-0.39, 0.29) is 19.1 Å². The first-order chi connectivity index (χ1) is 6.36. The van der Waals surface area contributed by atoms with Gasteiger partial charge in [-0.25, -0.2) is 0 Å². The molecule has 1 rings (SSSR count). The summed E-state index contributed by atoms with van der Waals surface area (Å²) in [6.07, 6.45) is 4.65. The Balaban J connectivity index is 2.18. The molecule has 0 aliphatic carbocycles.